The Bertz CT molecular complexity index is 2670. The number of rotatable bonds is 5. The smallest absolute Gasteiger partial charge is 0.0715 e. The van der Waals surface area contributed by atoms with E-state index >= 15 is 0 Å². The molecule has 10 rings (SSSR count). The van der Waals surface area contributed by atoms with Crippen LogP contribution in [0.2, 0.25) is 0 Å². The molecular formula is C47H31N3. The lowest BCUT2D eigenvalue weighted by Crippen LogP contribution is -2.12. The molecular weight excluding hydrogens is 607 g/mol. The van der Waals surface area contributed by atoms with Gasteiger partial charge in [-0.2, -0.15) is 0 Å². The van der Waals surface area contributed by atoms with E-state index in [4.69, 9.17) is 4.98 Å². The van der Waals surface area contributed by atoms with Crippen LogP contribution in [-0.2, 0) is 0 Å². The first kappa shape index (κ1) is 28.3. The molecule has 0 fully saturated rings. The summed E-state index contributed by atoms with van der Waals surface area (Å²) in [5.74, 6) is 0. The van der Waals surface area contributed by atoms with Gasteiger partial charge in [0.05, 0.1) is 28.1 Å². The first-order chi connectivity index (χ1) is 24.8. The predicted octanol–water partition coefficient (Wildman–Crippen LogP) is 12.5. The number of hydrogen-bond donors (Lipinski definition) is 0. The first-order valence-corrected chi connectivity index (χ1v) is 17.1. The van der Waals surface area contributed by atoms with Crippen LogP contribution in [0.5, 0.6) is 0 Å². The highest BCUT2D eigenvalue weighted by atomic mass is 15.1. The zero-order valence-electron chi connectivity index (χ0n) is 27.2. The maximum absolute atomic E-state index is 5.15. The normalized spacial score (nSPS) is 12.3. The van der Waals surface area contributed by atoms with Crippen molar-refractivity contribution in [1.29, 1.82) is 0 Å². The van der Waals surface area contributed by atoms with Crippen LogP contribution in [0.4, 0.5) is 11.4 Å². The molecule has 0 saturated carbocycles. The van der Waals surface area contributed by atoms with E-state index in [0.717, 1.165) is 33.8 Å². The molecule has 0 bridgehead atoms. The minimum atomic E-state index is 0.954. The zero-order valence-corrected chi connectivity index (χ0v) is 27.2. The van der Waals surface area contributed by atoms with E-state index in [-0.39, 0.29) is 0 Å². The van der Waals surface area contributed by atoms with Gasteiger partial charge in [-0.25, -0.2) is 4.98 Å². The third-order valence-electron chi connectivity index (χ3n) is 9.92. The number of nitrogens with zero attached hydrogens (tertiary/aromatic N) is 3. The van der Waals surface area contributed by atoms with Gasteiger partial charge in [0.15, 0.2) is 0 Å². The highest BCUT2D eigenvalue weighted by Crippen LogP contribution is 2.45. The van der Waals surface area contributed by atoms with Gasteiger partial charge < -0.3 is 9.47 Å². The molecule has 0 spiro atoms. The number of anilines is 2. The van der Waals surface area contributed by atoms with Gasteiger partial charge in [-0.1, -0.05) is 121 Å². The maximum atomic E-state index is 5.15. The lowest BCUT2D eigenvalue weighted by Gasteiger charge is -2.27. The van der Waals surface area contributed by atoms with Crippen molar-refractivity contribution < 1.29 is 0 Å². The van der Waals surface area contributed by atoms with Crippen molar-refractivity contribution in [3.8, 4) is 39.3 Å². The molecule has 7 aromatic carbocycles. The third kappa shape index (κ3) is 4.56. The Morgan fingerprint density at radius 1 is 0.420 bits per heavy atom. The first-order valence-electron chi connectivity index (χ1n) is 17.1. The van der Waals surface area contributed by atoms with E-state index in [1.54, 1.807) is 0 Å². The van der Waals surface area contributed by atoms with Gasteiger partial charge in [0.1, 0.15) is 0 Å². The standard InChI is InChI=1S/C47H31N3/c1-4-13-32(14-5-1)36-29-41(33-15-6-2-7-16-33)48-42(30-36)34-23-25-37(26-24-34)49-28-27-40-46-35(17-12-22-44(46)49)31-45-47(40)39-20-10-11-21-43(39)50(45)38-18-8-3-9-19-38/h1-31H. The summed E-state index contributed by atoms with van der Waals surface area (Å²) >= 11 is 0. The Morgan fingerprint density at radius 2 is 1.06 bits per heavy atom. The Kier molecular flexibility index (Phi) is 6.49. The number of benzene rings is 7. The van der Waals surface area contributed by atoms with Crippen LogP contribution in [0.1, 0.15) is 5.56 Å². The molecule has 0 N–H and O–H groups in total. The van der Waals surface area contributed by atoms with E-state index in [1.165, 1.54) is 55.1 Å². The molecule has 1 aliphatic heterocycles. The monoisotopic (exact) mass is 637 g/mol. The van der Waals surface area contributed by atoms with Crippen molar-refractivity contribution in [3.05, 3.63) is 188 Å². The Labute approximate surface area is 290 Å². The number of hydrogen-bond acceptors (Lipinski definition) is 2. The molecule has 3 nitrogen and oxygen atoms in total. The lowest BCUT2D eigenvalue weighted by molar-refractivity contribution is 1.18. The predicted molar refractivity (Wildman–Crippen MR) is 210 cm³/mol. The largest absolute Gasteiger partial charge is 0.317 e. The molecule has 0 radical (unpaired) electrons. The van der Waals surface area contributed by atoms with Crippen LogP contribution < -0.4 is 4.90 Å². The summed E-state index contributed by atoms with van der Waals surface area (Å²) < 4.78 is 2.40. The molecule has 234 valence electrons. The number of pyridine rings is 1. The van der Waals surface area contributed by atoms with E-state index in [2.05, 4.69) is 192 Å². The van der Waals surface area contributed by atoms with Gasteiger partial charge in [0.25, 0.3) is 0 Å². The van der Waals surface area contributed by atoms with E-state index in [1.807, 2.05) is 6.07 Å². The summed E-state index contributed by atoms with van der Waals surface area (Å²) in [6.07, 6.45) is 4.52. The summed E-state index contributed by atoms with van der Waals surface area (Å²) in [5, 5.41) is 5.05. The van der Waals surface area contributed by atoms with Crippen LogP contribution in [0.25, 0.3) is 78.0 Å². The lowest BCUT2D eigenvalue weighted by atomic mass is 9.94. The molecule has 0 saturated heterocycles. The average molecular weight is 638 g/mol. The summed E-state index contributed by atoms with van der Waals surface area (Å²) in [7, 11) is 0. The molecule has 9 aromatic rings. The fraction of sp³-hybridized carbons (Fsp3) is 0. The molecule has 1 aliphatic rings. The number of aromatic nitrogens is 2. The zero-order chi connectivity index (χ0) is 33.0. The molecule has 2 aromatic heterocycles. The second kappa shape index (κ2) is 11.5. The van der Waals surface area contributed by atoms with Crippen molar-refractivity contribution in [1.82, 2.24) is 9.55 Å². The molecule has 50 heavy (non-hydrogen) atoms. The van der Waals surface area contributed by atoms with Crippen molar-refractivity contribution in [2.75, 3.05) is 4.90 Å². The van der Waals surface area contributed by atoms with Crippen molar-refractivity contribution in [2.24, 2.45) is 0 Å². The topological polar surface area (TPSA) is 21.1 Å². The van der Waals surface area contributed by atoms with E-state index in [0.29, 0.717) is 0 Å². The molecule has 3 heterocycles. The summed E-state index contributed by atoms with van der Waals surface area (Å²) in [6.45, 7) is 0. The van der Waals surface area contributed by atoms with Gasteiger partial charge in [0.2, 0.25) is 0 Å². The Balaban J connectivity index is 1.09. The average Bonchev–Trinajstić information content (AvgIpc) is 3.53. The fourth-order valence-corrected chi connectivity index (χ4v) is 7.63. The van der Waals surface area contributed by atoms with Gasteiger partial charge in [-0.15, -0.1) is 0 Å². The van der Waals surface area contributed by atoms with Crippen molar-refractivity contribution in [2.45, 2.75) is 0 Å². The van der Waals surface area contributed by atoms with Crippen LogP contribution in [0.15, 0.2) is 182 Å². The molecule has 3 heteroatoms. The fourth-order valence-electron chi connectivity index (χ4n) is 7.63. The SMILES string of the molecule is C1=CN(c2ccc(-c3cc(-c4ccccc4)cc(-c4ccccc4)n3)cc2)c2cccc3cc4c(c1c23)c1ccccc1n4-c1ccccc1. The van der Waals surface area contributed by atoms with Crippen molar-refractivity contribution in [3.63, 3.8) is 0 Å². The molecule has 0 atom stereocenters. The highest BCUT2D eigenvalue weighted by Gasteiger charge is 2.23. The van der Waals surface area contributed by atoms with Gasteiger partial charge in [-0.05, 0) is 82.7 Å². The molecule has 0 amide bonds. The summed E-state index contributed by atoms with van der Waals surface area (Å²) in [4.78, 5) is 7.46. The quantitative estimate of drug-likeness (QED) is 0.187. The van der Waals surface area contributed by atoms with Crippen LogP contribution in [-0.4, -0.2) is 9.55 Å². The summed E-state index contributed by atoms with van der Waals surface area (Å²) in [5.41, 5.74) is 13.6. The van der Waals surface area contributed by atoms with Crippen LogP contribution in [0.3, 0.4) is 0 Å². The minimum Gasteiger partial charge on any atom is -0.317 e. The summed E-state index contributed by atoms with van der Waals surface area (Å²) in [6, 6.07) is 62.6. The van der Waals surface area contributed by atoms with Crippen LogP contribution >= 0.6 is 0 Å². The van der Waals surface area contributed by atoms with Crippen LogP contribution in [0, 0.1) is 0 Å². The maximum Gasteiger partial charge on any atom is 0.0715 e. The van der Waals surface area contributed by atoms with Gasteiger partial charge in [0, 0.05) is 44.9 Å². The number of para-hydroxylation sites is 2. The second-order valence-corrected chi connectivity index (χ2v) is 12.8. The minimum absolute atomic E-state index is 0.954. The molecule has 0 unspecified atom stereocenters. The second-order valence-electron chi connectivity index (χ2n) is 12.8. The Hall–Kier alpha value is -6.71. The highest BCUT2D eigenvalue weighted by molar-refractivity contribution is 6.22. The van der Waals surface area contributed by atoms with Crippen molar-refractivity contribution >= 4 is 50.0 Å². The molecule has 0 aliphatic carbocycles. The van der Waals surface area contributed by atoms with Gasteiger partial charge in [-0.3, -0.25) is 0 Å². The third-order valence-corrected chi connectivity index (χ3v) is 9.92. The Morgan fingerprint density at radius 3 is 1.80 bits per heavy atom. The number of fused-ring (bicyclic) bond motifs is 4. The van der Waals surface area contributed by atoms with Gasteiger partial charge >= 0.3 is 0 Å². The van der Waals surface area contributed by atoms with E-state index in [9.17, 15) is 0 Å². The van der Waals surface area contributed by atoms with E-state index < -0.39 is 0 Å².